The topological polar surface area (TPSA) is 12.9 Å². The number of halogens is 4. The SMILES string of the molecule is CC(C)c1cc(Cl)c2c(F)c(Br)cc(F)c2n1. The van der Waals surface area contributed by atoms with Crippen molar-refractivity contribution in [2.24, 2.45) is 0 Å². The van der Waals surface area contributed by atoms with E-state index < -0.39 is 11.6 Å². The van der Waals surface area contributed by atoms with Crippen LogP contribution in [-0.4, -0.2) is 4.98 Å². The fourth-order valence-corrected chi connectivity index (χ4v) is 2.26. The van der Waals surface area contributed by atoms with Gasteiger partial charge in [0.1, 0.15) is 11.3 Å². The smallest absolute Gasteiger partial charge is 0.150 e. The third kappa shape index (κ3) is 2.16. The molecule has 0 bridgehead atoms. The zero-order valence-corrected chi connectivity index (χ0v) is 11.5. The van der Waals surface area contributed by atoms with Crippen LogP contribution in [0.4, 0.5) is 8.78 Å². The lowest BCUT2D eigenvalue weighted by Gasteiger charge is -2.10. The van der Waals surface area contributed by atoms with Gasteiger partial charge in [-0.2, -0.15) is 0 Å². The number of benzene rings is 1. The summed E-state index contributed by atoms with van der Waals surface area (Å²) in [7, 11) is 0. The summed E-state index contributed by atoms with van der Waals surface area (Å²) in [6.07, 6.45) is 0. The van der Waals surface area contributed by atoms with Gasteiger partial charge in [-0.1, -0.05) is 25.4 Å². The Morgan fingerprint density at radius 2 is 1.94 bits per heavy atom. The minimum Gasteiger partial charge on any atom is -0.249 e. The van der Waals surface area contributed by atoms with E-state index in [1.165, 1.54) is 0 Å². The lowest BCUT2D eigenvalue weighted by Crippen LogP contribution is -1.97. The van der Waals surface area contributed by atoms with Crippen molar-refractivity contribution < 1.29 is 8.78 Å². The molecule has 1 aromatic carbocycles. The second-order valence-electron chi connectivity index (χ2n) is 4.06. The fourth-order valence-electron chi connectivity index (χ4n) is 1.57. The van der Waals surface area contributed by atoms with E-state index in [-0.39, 0.29) is 26.3 Å². The van der Waals surface area contributed by atoms with E-state index in [2.05, 4.69) is 20.9 Å². The Morgan fingerprint density at radius 3 is 2.53 bits per heavy atom. The van der Waals surface area contributed by atoms with E-state index in [4.69, 9.17) is 11.6 Å². The number of aromatic nitrogens is 1. The predicted octanol–water partition coefficient (Wildman–Crippen LogP) is 5.05. The van der Waals surface area contributed by atoms with Gasteiger partial charge in [0.2, 0.25) is 0 Å². The van der Waals surface area contributed by atoms with Crippen LogP contribution in [0.5, 0.6) is 0 Å². The van der Waals surface area contributed by atoms with Crippen molar-refractivity contribution in [2.75, 3.05) is 0 Å². The first-order valence-corrected chi connectivity index (χ1v) is 6.22. The molecule has 0 spiro atoms. The largest absolute Gasteiger partial charge is 0.249 e. The number of nitrogens with zero attached hydrogens (tertiary/aromatic N) is 1. The molecule has 1 nitrogen and oxygen atoms in total. The molecule has 0 fully saturated rings. The number of fused-ring (bicyclic) bond motifs is 1. The Labute approximate surface area is 111 Å². The molecule has 1 heterocycles. The fraction of sp³-hybridized carbons (Fsp3) is 0.250. The van der Waals surface area contributed by atoms with Crippen molar-refractivity contribution in [1.82, 2.24) is 4.98 Å². The van der Waals surface area contributed by atoms with Crippen LogP contribution in [0.3, 0.4) is 0 Å². The second kappa shape index (κ2) is 4.50. The summed E-state index contributed by atoms with van der Waals surface area (Å²) < 4.78 is 27.6. The first-order chi connectivity index (χ1) is 7.91. The Bertz CT molecular complexity index is 599. The number of pyridine rings is 1. The van der Waals surface area contributed by atoms with Gasteiger partial charge in [-0.25, -0.2) is 13.8 Å². The maximum atomic E-state index is 13.8. The average Bonchev–Trinajstić information content (AvgIpc) is 2.25. The normalized spacial score (nSPS) is 11.5. The van der Waals surface area contributed by atoms with Gasteiger partial charge in [-0.05, 0) is 34.0 Å². The van der Waals surface area contributed by atoms with Crippen LogP contribution >= 0.6 is 27.5 Å². The molecule has 0 radical (unpaired) electrons. The van der Waals surface area contributed by atoms with Gasteiger partial charge in [0.15, 0.2) is 5.82 Å². The van der Waals surface area contributed by atoms with Gasteiger partial charge in [0, 0.05) is 5.69 Å². The monoisotopic (exact) mass is 319 g/mol. The van der Waals surface area contributed by atoms with E-state index in [9.17, 15) is 8.78 Å². The number of hydrogen-bond donors (Lipinski definition) is 0. The summed E-state index contributed by atoms with van der Waals surface area (Å²) in [5.41, 5.74) is 0.616. The molecule has 2 rings (SSSR count). The average molecular weight is 321 g/mol. The van der Waals surface area contributed by atoms with Crippen LogP contribution in [0.15, 0.2) is 16.6 Å². The molecule has 0 saturated carbocycles. The molecule has 17 heavy (non-hydrogen) atoms. The summed E-state index contributed by atoms with van der Waals surface area (Å²) in [4.78, 5) is 4.12. The zero-order valence-electron chi connectivity index (χ0n) is 9.19. The van der Waals surface area contributed by atoms with Crippen LogP contribution < -0.4 is 0 Å². The van der Waals surface area contributed by atoms with E-state index >= 15 is 0 Å². The Morgan fingerprint density at radius 1 is 1.29 bits per heavy atom. The molecule has 0 amide bonds. The van der Waals surface area contributed by atoms with Gasteiger partial charge in [0.25, 0.3) is 0 Å². The van der Waals surface area contributed by atoms with Crippen molar-refractivity contribution in [3.05, 3.63) is 39.0 Å². The minimum absolute atomic E-state index is 0.0166. The van der Waals surface area contributed by atoms with Crippen LogP contribution in [0.25, 0.3) is 10.9 Å². The highest BCUT2D eigenvalue weighted by Gasteiger charge is 2.17. The maximum Gasteiger partial charge on any atom is 0.150 e. The molecule has 0 N–H and O–H groups in total. The minimum atomic E-state index is -0.589. The Balaban J connectivity index is 2.90. The summed E-state index contributed by atoms with van der Waals surface area (Å²) >= 11 is 8.94. The summed E-state index contributed by atoms with van der Waals surface area (Å²) in [6, 6.07) is 2.63. The van der Waals surface area contributed by atoms with Crippen molar-refractivity contribution in [2.45, 2.75) is 19.8 Å². The third-order valence-electron chi connectivity index (χ3n) is 2.49. The van der Waals surface area contributed by atoms with Gasteiger partial charge in [-0.15, -0.1) is 0 Å². The molecule has 1 aromatic heterocycles. The molecule has 5 heteroatoms. The first-order valence-electron chi connectivity index (χ1n) is 5.05. The van der Waals surface area contributed by atoms with Crippen LogP contribution in [0, 0.1) is 11.6 Å². The molecular formula is C12H9BrClF2N. The second-order valence-corrected chi connectivity index (χ2v) is 5.32. The molecule has 0 atom stereocenters. The standard InChI is InChI=1S/C12H9BrClF2N/c1-5(2)9-4-7(14)10-11(16)6(13)3-8(15)12(10)17-9/h3-5H,1-2H3. The molecule has 90 valence electrons. The quantitative estimate of drug-likeness (QED) is 0.670. The van der Waals surface area contributed by atoms with Crippen molar-refractivity contribution in [1.29, 1.82) is 0 Å². The molecule has 0 aliphatic heterocycles. The van der Waals surface area contributed by atoms with Crippen molar-refractivity contribution in [3.8, 4) is 0 Å². The lowest BCUT2D eigenvalue weighted by molar-refractivity contribution is 0.609. The van der Waals surface area contributed by atoms with Gasteiger partial charge >= 0.3 is 0 Å². The Hall–Kier alpha value is -0.740. The van der Waals surface area contributed by atoms with Gasteiger partial charge in [0.05, 0.1) is 14.9 Å². The van der Waals surface area contributed by atoms with Crippen LogP contribution in [0.1, 0.15) is 25.5 Å². The van der Waals surface area contributed by atoms with Crippen LogP contribution in [0.2, 0.25) is 5.02 Å². The summed E-state index contributed by atoms with van der Waals surface area (Å²) in [5, 5.41) is 0.194. The summed E-state index contributed by atoms with van der Waals surface area (Å²) in [6.45, 7) is 3.83. The van der Waals surface area contributed by atoms with E-state index in [1.807, 2.05) is 13.8 Å². The highest BCUT2D eigenvalue weighted by Crippen LogP contribution is 2.33. The molecule has 0 aliphatic carbocycles. The molecular weight excluding hydrogens is 311 g/mol. The number of rotatable bonds is 1. The van der Waals surface area contributed by atoms with E-state index in [1.54, 1.807) is 6.07 Å². The molecule has 0 saturated heterocycles. The first kappa shape index (κ1) is 12.7. The molecule has 0 aliphatic rings. The van der Waals surface area contributed by atoms with E-state index in [0.29, 0.717) is 5.69 Å². The Kier molecular flexibility index (Phi) is 3.36. The zero-order chi connectivity index (χ0) is 12.7. The third-order valence-corrected chi connectivity index (χ3v) is 3.37. The van der Waals surface area contributed by atoms with Gasteiger partial charge in [-0.3, -0.25) is 0 Å². The van der Waals surface area contributed by atoms with Gasteiger partial charge < -0.3 is 0 Å². The summed E-state index contributed by atoms with van der Waals surface area (Å²) in [5.74, 6) is -1.07. The number of hydrogen-bond acceptors (Lipinski definition) is 1. The molecule has 0 unspecified atom stereocenters. The maximum absolute atomic E-state index is 13.8. The van der Waals surface area contributed by atoms with Crippen molar-refractivity contribution >= 4 is 38.4 Å². The van der Waals surface area contributed by atoms with Crippen molar-refractivity contribution in [3.63, 3.8) is 0 Å². The highest BCUT2D eigenvalue weighted by molar-refractivity contribution is 9.10. The predicted molar refractivity (Wildman–Crippen MR) is 68.5 cm³/mol. The molecule has 2 aromatic rings. The van der Waals surface area contributed by atoms with Crippen LogP contribution in [-0.2, 0) is 0 Å². The van der Waals surface area contributed by atoms with E-state index in [0.717, 1.165) is 6.07 Å². The highest BCUT2D eigenvalue weighted by atomic mass is 79.9. The lowest BCUT2D eigenvalue weighted by atomic mass is 10.1.